The zero-order valence-electron chi connectivity index (χ0n) is 16.5. The van der Waals surface area contributed by atoms with Crippen molar-refractivity contribution in [2.24, 2.45) is 0 Å². The van der Waals surface area contributed by atoms with Crippen LogP contribution in [0.15, 0.2) is 30.3 Å². The van der Waals surface area contributed by atoms with Crippen LogP contribution in [0.2, 0.25) is 0 Å². The zero-order valence-corrected chi connectivity index (χ0v) is 16.5. The van der Waals surface area contributed by atoms with Crippen LogP contribution in [0.1, 0.15) is 42.3 Å². The van der Waals surface area contributed by atoms with Gasteiger partial charge in [0.1, 0.15) is 17.9 Å². The van der Waals surface area contributed by atoms with Gasteiger partial charge in [-0.25, -0.2) is 0 Å². The van der Waals surface area contributed by atoms with E-state index in [9.17, 15) is 19.7 Å². The molecule has 1 fully saturated rings. The molecule has 1 aromatic carbocycles. The maximum atomic E-state index is 13.0. The highest BCUT2D eigenvalue weighted by Gasteiger charge is 2.31. The van der Waals surface area contributed by atoms with E-state index in [4.69, 9.17) is 4.74 Å². The van der Waals surface area contributed by atoms with E-state index in [-0.39, 0.29) is 29.5 Å². The molecule has 0 saturated carbocycles. The van der Waals surface area contributed by atoms with Crippen molar-refractivity contribution in [3.63, 3.8) is 0 Å². The second-order valence-electron chi connectivity index (χ2n) is 7.10. The molecule has 9 heteroatoms. The number of hydrogen-bond acceptors (Lipinski definition) is 6. The SMILES string of the molecule is Cc1nn(CC(=O)O[C@@H](C(=O)N2CCCCC2)c2ccccc2)c(C)c1[N+](=O)[O-]. The Morgan fingerprint density at radius 2 is 1.83 bits per heavy atom. The van der Waals surface area contributed by atoms with Gasteiger partial charge in [0, 0.05) is 18.7 Å². The molecule has 2 heterocycles. The average molecular weight is 400 g/mol. The topological polar surface area (TPSA) is 108 Å². The molecule has 1 aliphatic heterocycles. The Bertz CT molecular complexity index is 903. The summed E-state index contributed by atoms with van der Waals surface area (Å²) < 4.78 is 6.80. The Morgan fingerprint density at radius 3 is 2.41 bits per heavy atom. The summed E-state index contributed by atoms with van der Waals surface area (Å²) >= 11 is 0. The van der Waals surface area contributed by atoms with Crippen molar-refractivity contribution in [3.8, 4) is 0 Å². The van der Waals surface area contributed by atoms with Crippen molar-refractivity contribution in [1.29, 1.82) is 0 Å². The summed E-state index contributed by atoms with van der Waals surface area (Å²) in [7, 11) is 0. The summed E-state index contributed by atoms with van der Waals surface area (Å²) in [6.07, 6.45) is 1.89. The van der Waals surface area contributed by atoms with E-state index in [0.717, 1.165) is 19.3 Å². The van der Waals surface area contributed by atoms with Crippen molar-refractivity contribution in [2.75, 3.05) is 13.1 Å². The normalized spacial score (nSPS) is 15.0. The van der Waals surface area contributed by atoms with E-state index in [1.165, 1.54) is 18.5 Å². The minimum atomic E-state index is -1.05. The standard InChI is InChI=1S/C20H24N4O5/c1-14-18(24(27)28)15(2)23(21-14)13-17(25)29-19(16-9-5-3-6-10-16)20(26)22-11-7-4-8-12-22/h3,5-6,9-10,19H,4,7-8,11-13H2,1-2H3/t19-/m1/s1. The number of esters is 1. The molecule has 0 bridgehead atoms. The average Bonchev–Trinajstić information content (AvgIpc) is 3.00. The first kappa shape index (κ1) is 20.5. The van der Waals surface area contributed by atoms with Gasteiger partial charge in [-0.3, -0.25) is 24.4 Å². The largest absolute Gasteiger partial charge is 0.446 e. The van der Waals surface area contributed by atoms with E-state index in [2.05, 4.69) is 5.10 Å². The van der Waals surface area contributed by atoms with Gasteiger partial charge in [-0.1, -0.05) is 30.3 Å². The Labute approximate surface area is 168 Å². The zero-order chi connectivity index (χ0) is 21.0. The summed E-state index contributed by atoms with van der Waals surface area (Å²) in [6, 6.07) is 8.87. The summed E-state index contributed by atoms with van der Waals surface area (Å²) in [5.41, 5.74) is 0.963. The van der Waals surface area contributed by atoms with Crippen LogP contribution in [0.25, 0.3) is 0 Å². The number of aromatic nitrogens is 2. The van der Waals surface area contributed by atoms with E-state index >= 15 is 0 Å². The van der Waals surface area contributed by atoms with Crippen molar-refractivity contribution in [2.45, 2.75) is 45.8 Å². The molecular formula is C20H24N4O5. The number of likely N-dealkylation sites (tertiary alicyclic amines) is 1. The quantitative estimate of drug-likeness (QED) is 0.419. The number of nitro groups is 1. The van der Waals surface area contributed by atoms with Gasteiger partial charge < -0.3 is 9.64 Å². The molecule has 0 aliphatic carbocycles. The van der Waals surface area contributed by atoms with Crippen LogP contribution in [-0.2, 0) is 20.9 Å². The molecule has 1 saturated heterocycles. The first-order valence-corrected chi connectivity index (χ1v) is 9.60. The predicted octanol–water partition coefficient (Wildman–Crippen LogP) is 2.71. The summed E-state index contributed by atoms with van der Waals surface area (Å²) in [6.45, 7) is 4.02. The second kappa shape index (κ2) is 8.85. The summed E-state index contributed by atoms with van der Waals surface area (Å²) in [4.78, 5) is 38.0. The number of benzene rings is 1. The fourth-order valence-corrected chi connectivity index (χ4v) is 3.57. The van der Waals surface area contributed by atoms with Crippen LogP contribution in [0.3, 0.4) is 0 Å². The van der Waals surface area contributed by atoms with E-state index < -0.39 is 17.0 Å². The monoisotopic (exact) mass is 400 g/mol. The number of nitrogens with zero attached hydrogens (tertiary/aromatic N) is 4. The maximum absolute atomic E-state index is 13.0. The fourth-order valence-electron chi connectivity index (χ4n) is 3.57. The third kappa shape index (κ3) is 4.61. The van der Waals surface area contributed by atoms with Gasteiger partial charge in [0.2, 0.25) is 6.10 Å². The minimum absolute atomic E-state index is 0.123. The molecule has 154 valence electrons. The van der Waals surface area contributed by atoms with Crippen LogP contribution in [0, 0.1) is 24.0 Å². The van der Waals surface area contributed by atoms with Crippen LogP contribution in [0.4, 0.5) is 5.69 Å². The summed E-state index contributed by atoms with van der Waals surface area (Å²) in [5, 5.41) is 15.2. The molecule has 0 radical (unpaired) electrons. The first-order valence-electron chi connectivity index (χ1n) is 9.60. The Kier molecular flexibility index (Phi) is 6.26. The van der Waals surface area contributed by atoms with Gasteiger partial charge >= 0.3 is 11.7 Å². The fraction of sp³-hybridized carbons (Fsp3) is 0.450. The lowest BCUT2D eigenvalue weighted by Crippen LogP contribution is -2.40. The highest BCUT2D eigenvalue weighted by molar-refractivity contribution is 5.85. The van der Waals surface area contributed by atoms with E-state index in [1.54, 1.807) is 29.2 Å². The van der Waals surface area contributed by atoms with Gasteiger partial charge in [-0.05, 0) is 33.1 Å². The lowest BCUT2D eigenvalue weighted by molar-refractivity contribution is -0.386. The Balaban J connectivity index is 1.79. The van der Waals surface area contributed by atoms with Gasteiger partial charge in [-0.2, -0.15) is 5.10 Å². The van der Waals surface area contributed by atoms with Crippen molar-refractivity contribution in [3.05, 3.63) is 57.4 Å². The number of aryl methyl sites for hydroxylation is 1. The molecular weight excluding hydrogens is 376 g/mol. The molecule has 1 aromatic heterocycles. The van der Waals surface area contributed by atoms with Crippen molar-refractivity contribution >= 4 is 17.6 Å². The van der Waals surface area contributed by atoms with Crippen LogP contribution >= 0.6 is 0 Å². The lowest BCUT2D eigenvalue weighted by atomic mass is 10.1. The minimum Gasteiger partial charge on any atom is -0.446 e. The molecule has 2 aromatic rings. The third-order valence-corrected chi connectivity index (χ3v) is 5.05. The Morgan fingerprint density at radius 1 is 1.17 bits per heavy atom. The molecule has 1 atom stereocenters. The van der Waals surface area contributed by atoms with Crippen molar-refractivity contribution in [1.82, 2.24) is 14.7 Å². The van der Waals surface area contributed by atoms with Gasteiger partial charge in [0.15, 0.2) is 0 Å². The van der Waals surface area contributed by atoms with Crippen LogP contribution < -0.4 is 0 Å². The number of ether oxygens (including phenoxy) is 1. The van der Waals surface area contributed by atoms with E-state index in [0.29, 0.717) is 18.7 Å². The number of carbonyl (C=O) groups is 2. The molecule has 1 aliphatic rings. The Hall–Kier alpha value is -3.23. The maximum Gasteiger partial charge on any atom is 0.328 e. The molecule has 9 nitrogen and oxygen atoms in total. The number of hydrogen-bond donors (Lipinski definition) is 0. The third-order valence-electron chi connectivity index (χ3n) is 5.05. The lowest BCUT2D eigenvalue weighted by Gasteiger charge is -2.30. The molecule has 29 heavy (non-hydrogen) atoms. The summed E-state index contributed by atoms with van der Waals surface area (Å²) in [5.74, 6) is -0.923. The molecule has 1 amide bonds. The van der Waals surface area contributed by atoms with Gasteiger partial charge in [-0.15, -0.1) is 0 Å². The molecule has 3 rings (SSSR count). The smallest absolute Gasteiger partial charge is 0.328 e. The first-order chi connectivity index (χ1) is 13.9. The van der Waals surface area contributed by atoms with Crippen LogP contribution in [0.5, 0.6) is 0 Å². The number of rotatable bonds is 6. The predicted molar refractivity (Wildman–Crippen MR) is 104 cm³/mol. The number of carbonyl (C=O) groups excluding carboxylic acids is 2. The van der Waals surface area contributed by atoms with Crippen LogP contribution in [-0.4, -0.2) is 44.6 Å². The molecule has 0 spiro atoms. The highest BCUT2D eigenvalue weighted by atomic mass is 16.6. The van der Waals surface area contributed by atoms with Gasteiger partial charge in [0.05, 0.1) is 4.92 Å². The van der Waals surface area contributed by atoms with E-state index in [1.807, 2.05) is 6.07 Å². The number of piperidine rings is 1. The van der Waals surface area contributed by atoms with Gasteiger partial charge in [0.25, 0.3) is 5.91 Å². The molecule has 0 N–H and O–H groups in total. The molecule has 0 unspecified atom stereocenters. The van der Waals surface area contributed by atoms with Crippen molar-refractivity contribution < 1.29 is 19.2 Å². The number of amides is 1. The highest BCUT2D eigenvalue weighted by Crippen LogP contribution is 2.24. The second-order valence-corrected chi connectivity index (χ2v) is 7.10.